The van der Waals surface area contributed by atoms with Crippen molar-refractivity contribution < 1.29 is 51.3 Å². The van der Waals surface area contributed by atoms with Crippen molar-refractivity contribution in [3.8, 4) is 0 Å². The second kappa shape index (κ2) is 23.4. The highest BCUT2D eigenvalue weighted by molar-refractivity contribution is 5.99. The number of amides is 2. The molecule has 0 fully saturated rings. The van der Waals surface area contributed by atoms with Crippen LogP contribution in [0.4, 0.5) is 24.8 Å². The highest BCUT2D eigenvalue weighted by atomic mass is 19.4. The zero-order valence-electron chi connectivity index (χ0n) is 31.5. The van der Waals surface area contributed by atoms with Crippen LogP contribution in [0.3, 0.4) is 0 Å². The van der Waals surface area contributed by atoms with Crippen LogP contribution in [0.5, 0.6) is 0 Å². The van der Waals surface area contributed by atoms with Crippen LogP contribution in [-0.4, -0.2) is 109 Å². The van der Waals surface area contributed by atoms with Crippen LogP contribution in [0.2, 0.25) is 0 Å². The molecule has 0 aliphatic carbocycles. The summed E-state index contributed by atoms with van der Waals surface area (Å²) in [5.41, 5.74) is 12.2. The van der Waals surface area contributed by atoms with Gasteiger partial charge in [0.25, 0.3) is 5.56 Å². The van der Waals surface area contributed by atoms with Crippen molar-refractivity contribution in [3.05, 3.63) is 62.5 Å². The Hall–Kier alpha value is -5.70. The number of benzene rings is 1. The number of aromatic nitrogens is 4. The summed E-state index contributed by atoms with van der Waals surface area (Å²) < 4.78 is 62.3. The van der Waals surface area contributed by atoms with Gasteiger partial charge in [0.05, 0.1) is 70.6 Å². The van der Waals surface area contributed by atoms with Crippen LogP contribution in [0.25, 0.3) is 21.6 Å². The fourth-order valence-electron chi connectivity index (χ4n) is 5.01. The third kappa shape index (κ3) is 16.1. The molecule has 19 nitrogen and oxygen atoms in total. The molecule has 3 rings (SSSR count). The number of nitrogens with one attached hydrogen (secondary N) is 2. The van der Waals surface area contributed by atoms with Gasteiger partial charge in [0.2, 0.25) is 11.9 Å². The molecule has 0 bridgehead atoms. The number of esters is 1. The van der Waals surface area contributed by atoms with E-state index in [0.29, 0.717) is 31.3 Å². The fraction of sp³-hybridized carbons (Fsp3) is 0.543. The van der Waals surface area contributed by atoms with Crippen molar-refractivity contribution >= 4 is 46.4 Å². The van der Waals surface area contributed by atoms with Crippen LogP contribution in [-0.2, 0) is 39.9 Å². The molecular formula is C35H45F3N10O9. The second-order valence-electron chi connectivity index (χ2n) is 12.8. The van der Waals surface area contributed by atoms with Gasteiger partial charge < -0.3 is 30.0 Å². The van der Waals surface area contributed by atoms with Crippen molar-refractivity contribution in [2.75, 3.05) is 70.0 Å². The smallest absolute Gasteiger partial charge is 0.465 e. The number of alkyl halides is 3. The SMILES string of the molecule is CC(C)COC(=O)[C@H](CCC(=O)NCCOCCOCCOCCN=[N+]=[N-])CCC(=O)c1ccc(N(Cc2cnc3nc(N)[nH]c(=O)c3n2)C(=O)C(F)(F)F)cc1. The van der Waals surface area contributed by atoms with E-state index in [-0.39, 0.29) is 104 Å². The van der Waals surface area contributed by atoms with E-state index >= 15 is 0 Å². The molecule has 0 aliphatic rings. The summed E-state index contributed by atoms with van der Waals surface area (Å²) in [5, 5.41) is 6.05. The van der Waals surface area contributed by atoms with Gasteiger partial charge in [-0.15, -0.1) is 0 Å². The highest BCUT2D eigenvalue weighted by Crippen LogP contribution is 2.27. The Morgan fingerprint density at radius 3 is 2.28 bits per heavy atom. The number of carbonyl (C=O) groups excluding carboxylic acids is 4. The number of azide groups is 1. The molecule has 310 valence electrons. The van der Waals surface area contributed by atoms with Crippen molar-refractivity contribution in [2.45, 2.75) is 52.3 Å². The summed E-state index contributed by atoms with van der Waals surface area (Å²) in [6.45, 7) is 5.39. The van der Waals surface area contributed by atoms with Gasteiger partial charge in [0.1, 0.15) is 0 Å². The van der Waals surface area contributed by atoms with Gasteiger partial charge in [0.15, 0.2) is 16.9 Å². The third-order valence-electron chi connectivity index (χ3n) is 7.84. The predicted molar refractivity (Wildman–Crippen MR) is 198 cm³/mol. The Bertz CT molecular complexity index is 1910. The van der Waals surface area contributed by atoms with Crippen LogP contribution in [0.15, 0.2) is 40.4 Å². The number of H-pyrrole nitrogens is 1. The van der Waals surface area contributed by atoms with E-state index in [1.807, 2.05) is 13.8 Å². The first kappa shape index (κ1) is 45.7. The number of aromatic amines is 1. The van der Waals surface area contributed by atoms with Gasteiger partial charge in [-0.3, -0.25) is 33.9 Å². The summed E-state index contributed by atoms with van der Waals surface area (Å²) >= 11 is 0. The monoisotopic (exact) mass is 806 g/mol. The number of carbonyl (C=O) groups is 4. The lowest BCUT2D eigenvalue weighted by Gasteiger charge is -2.23. The van der Waals surface area contributed by atoms with Gasteiger partial charge in [0, 0.05) is 42.1 Å². The number of anilines is 2. The molecule has 0 saturated heterocycles. The third-order valence-corrected chi connectivity index (χ3v) is 7.84. The standard InChI is InChI=1S/C35H45F3N10O9/c1-22(2)21-57-32(52)24(6-10-28(50)41-11-13-54-15-17-56-18-16-55-14-12-43-47-40)5-9-27(49)23-3-7-26(8-4-23)48(33(53)35(36,37)38)20-25-19-42-30-29(44-25)31(51)46-34(39)45-30/h3-4,7-8,19,22,24H,5-6,9-18,20-21H2,1-2H3,(H,41,50)(H3,39,42,45,46,51)/t24-/m0/s1. The first-order valence-corrected chi connectivity index (χ1v) is 17.9. The van der Waals surface area contributed by atoms with Crippen molar-refractivity contribution in [2.24, 2.45) is 17.0 Å². The number of Topliss-reactive ketones (excluding diaryl/α,β-unsaturated/α-hetero) is 1. The maximum atomic E-state index is 13.6. The minimum atomic E-state index is -5.28. The fourth-order valence-corrected chi connectivity index (χ4v) is 5.01. The Morgan fingerprint density at radius 1 is 0.982 bits per heavy atom. The normalized spacial score (nSPS) is 11.9. The first-order valence-electron chi connectivity index (χ1n) is 17.9. The molecule has 1 aromatic carbocycles. The lowest BCUT2D eigenvalue weighted by atomic mass is 9.94. The molecular weight excluding hydrogens is 761 g/mol. The molecule has 0 unspecified atom stereocenters. The van der Waals surface area contributed by atoms with Crippen LogP contribution in [0.1, 0.15) is 55.6 Å². The number of hydrogen-bond acceptors (Lipinski definition) is 14. The summed E-state index contributed by atoms with van der Waals surface area (Å²) in [6, 6.07) is 4.81. The van der Waals surface area contributed by atoms with Gasteiger partial charge in [-0.25, -0.2) is 9.97 Å². The molecule has 2 amide bonds. The van der Waals surface area contributed by atoms with E-state index in [0.717, 1.165) is 18.3 Å². The minimum absolute atomic E-state index is 0.0310. The number of nitrogens with two attached hydrogens (primary N) is 1. The number of ketones is 1. The Balaban J connectivity index is 1.54. The number of nitrogen functional groups attached to an aromatic ring is 1. The van der Waals surface area contributed by atoms with E-state index in [2.05, 4.69) is 35.3 Å². The molecule has 22 heteroatoms. The maximum Gasteiger partial charge on any atom is 0.471 e. The van der Waals surface area contributed by atoms with Gasteiger partial charge >= 0.3 is 18.1 Å². The number of rotatable bonds is 25. The molecule has 0 spiro atoms. The topological polar surface area (TPSA) is 267 Å². The molecule has 1 atom stereocenters. The number of halogens is 3. The zero-order valence-corrected chi connectivity index (χ0v) is 31.5. The van der Waals surface area contributed by atoms with Crippen LogP contribution >= 0.6 is 0 Å². The molecule has 0 radical (unpaired) electrons. The quantitative estimate of drug-likeness (QED) is 0.0277. The molecule has 2 aromatic heterocycles. The minimum Gasteiger partial charge on any atom is -0.465 e. The van der Waals surface area contributed by atoms with Crippen LogP contribution in [0, 0.1) is 11.8 Å². The first-order chi connectivity index (χ1) is 27.2. The Labute approximate surface area is 324 Å². The average Bonchev–Trinajstić information content (AvgIpc) is 3.17. The second-order valence-corrected chi connectivity index (χ2v) is 12.8. The molecule has 0 aliphatic heterocycles. The van der Waals surface area contributed by atoms with Gasteiger partial charge in [-0.1, -0.05) is 19.0 Å². The largest absolute Gasteiger partial charge is 0.471 e. The summed E-state index contributed by atoms with van der Waals surface area (Å²) in [7, 11) is 0. The van der Waals surface area contributed by atoms with Gasteiger partial charge in [-0.05, 0) is 48.6 Å². The summed E-state index contributed by atoms with van der Waals surface area (Å²) in [6.07, 6.45) is -4.27. The van der Waals surface area contributed by atoms with E-state index in [1.54, 1.807) is 0 Å². The molecule has 0 saturated carbocycles. The van der Waals surface area contributed by atoms with E-state index < -0.39 is 41.9 Å². The van der Waals surface area contributed by atoms with Crippen molar-refractivity contribution in [3.63, 3.8) is 0 Å². The predicted octanol–water partition coefficient (Wildman–Crippen LogP) is 3.43. The Morgan fingerprint density at radius 2 is 1.63 bits per heavy atom. The van der Waals surface area contributed by atoms with Gasteiger partial charge in [-0.2, -0.15) is 18.2 Å². The molecule has 57 heavy (non-hydrogen) atoms. The van der Waals surface area contributed by atoms with E-state index in [1.165, 1.54) is 12.1 Å². The number of ether oxygens (including phenoxy) is 4. The zero-order chi connectivity index (χ0) is 41.8. The number of nitrogens with zero attached hydrogens (tertiary/aromatic N) is 7. The van der Waals surface area contributed by atoms with Crippen LogP contribution < -0.4 is 21.5 Å². The molecule has 3 aromatic rings. The molecule has 2 heterocycles. The Kier molecular flexibility index (Phi) is 18.7. The summed E-state index contributed by atoms with van der Waals surface area (Å²) in [4.78, 5) is 80.3. The van der Waals surface area contributed by atoms with E-state index in [4.69, 9.17) is 30.2 Å². The molecule has 4 N–H and O–H groups in total. The highest BCUT2D eigenvalue weighted by Gasteiger charge is 2.43. The summed E-state index contributed by atoms with van der Waals surface area (Å²) in [5.74, 6) is -4.55. The lowest BCUT2D eigenvalue weighted by molar-refractivity contribution is -0.170. The number of fused-ring (bicyclic) bond motifs is 1. The van der Waals surface area contributed by atoms with E-state index in [9.17, 15) is 37.1 Å². The maximum absolute atomic E-state index is 13.6. The average molecular weight is 807 g/mol. The lowest BCUT2D eigenvalue weighted by Crippen LogP contribution is -2.41. The number of hydrogen-bond donors (Lipinski definition) is 3. The van der Waals surface area contributed by atoms with Crippen molar-refractivity contribution in [1.82, 2.24) is 25.3 Å². The van der Waals surface area contributed by atoms with Crippen molar-refractivity contribution in [1.29, 1.82) is 0 Å².